The molecule has 2 aromatic rings. The Balaban J connectivity index is 2.26. The average Bonchev–Trinajstić information content (AvgIpc) is 2.55. The maximum atomic E-state index is 11.0. The summed E-state index contributed by atoms with van der Waals surface area (Å²) < 4.78 is 0.499. The van der Waals surface area contributed by atoms with Crippen LogP contribution in [-0.2, 0) is 17.9 Å². The molecule has 2 rings (SSSR count). The van der Waals surface area contributed by atoms with Gasteiger partial charge in [0.1, 0.15) is 19.6 Å². The van der Waals surface area contributed by atoms with Crippen molar-refractivity contribution in [2.24, 2.45) is 0 Å². The summed E-state index contributed by atoms with van der Waals surface area (Å²) in [6.45, 7) is 2.34. The molecule has 0 amide bonds. The van der Waals surface area contributed by atoms with Gasteiger partial charge in [-0.2, -0.15) is 0 Å². The van der Waals surface area contributed by atoms with Crippen molar-refractivity contribution in [2.75, 3.05) is 19.7 Å². The van der Waals surface area contributed by atoms with Gasteiger partial charge in [0, 0.05) is 23.5 Å². The number of hydrogen-bond donors (Lipinski definition) is 1. The fraction of sp³-hybridized carbons (Fsp3) is 0.316. The first-order chi connectivity index (χ1) is 11.1. The number of carbonyl (C=O) groups is 1. The number of aliphatic hydroxyl groups excluding tert-OH is 1. The van der Waals surface area contributed by atoms with E-state index < -0.39 is 5.97 Å². The Labute approximate surface area is 137 Å². The van der Waals surface area contributed by atoms with Gasteiger partial charge in [-0.05, 0) is 0 Å². The molecule has 0 bridgehead atoms. The van der Waals surface area contributed by atoms with E-state index in [-0.39, 0.29) is 13.0 Å². The van der Waals surface area contributed by atoms with E-state index >= 15 is 0 Å². The van der Waals surface area contributed by atoms with Crippen molar-refractivity contribution < 1.29 is 19.5 Å². The fourth-order valence-electron chi connectivity index (χ4n) is 2.97. The average molecular weight is 313 g/mol. The molecule has 0 aliphatic carbocycles. The summed E-state index contributed by atoms with van der Waals surface area (Å²) in [5.74, 6) is -1.05. The van der Waals surface area contributed by atoms with Crippen molar-refractivity contribution in [2.45, 2.75) is 19.5 Å². The van der Waals surface area contributed by atoms with Crippen LogP contribution in [0, 0.1) is 0 Å². The number of nitrogens with zero attached hydrogens (tertiary/aromatic N) is 1. The van der Waals surface area contributed by atoms with Crippen LogP contribution < -0.4 is 5.11 Å². The van der Waals surface area contributed by atoms with Gasteiger partial charge in [-0.15, -0.1) is 0 Å². The topological polar surface area (TPSA) is 60.4 Å². The van der Waals surface area contributed by atoms with E-state index in [4.69, 9.17) is 0 Å². The standard InChI is InChI=1S/C19H23NO3/c21-14-13-20(12-11-19(22)23,15-17-7-3-1-4-8-17)16-18-9-5-2-6-10-18/h1-10,21H,11-16H2. The number of carboxylic acid groups (broad SMARTS) is 1. The Morgan fingerprint density at radius 3 is 1.74 bits per heavy atom. The molecular formula is C19H23NO3. The smallest absolute Gasteiger partial charge is 0.105 e. The number of aliphatic hydroxyl groups is 1. The van der Waals surface area contributed by atoms with Crippen molar-refractivity contribution in [3.8, 4) is 0 Å². The predicted molar refractivity (Wildman–Crippen MR) is 87.0 cm³/mol. The number of carbonyl (C=O) groups excluding carboxylic acids is 1. The van der Waals surface area contributed by atoms with Gasteiger partial charge in [-0.25, -0.2) is 0 Å². The summed E-state index contributed by atoms with van der Waals surface area (Å²) in [5, 5.41) is 20.5. The van der Waals surface area contributed by atoms with Crippen LogP contribution in [0.15, 0.2) is 60.7 Å². The van der Waals surface area contributed by atoms with Gasteiger partial charge >= 0.3 is 0 Å². The molecule has 0 aromatic heterocycles. The van der Waals surface area contributed by atoms with Gasteiger partial charge < -0.3 is 19.5 Å². The molecule has 0 saturated heterocycles. The Hall–Kier alpha value is -2.17. The first-order valence-corrected chi connectivity index (χ1v) is 7.87. The minimum atomic E-state index is -1.05. The van der Waals surface area contributed by atoms with Crippen molar-refractivity contribution in [1.29, 1.82) is 0 Å². The zero-order valence-corrected chi connectivity index (χ0v) is 13.2. The molecule has 0 aliphatic heterocycles. The van der Waals surface area contributed by atoms with Crippen molar-refractivity contribution >= 4 is 5.97 Å². The van der Waals surface area contributed by atoms with Crippen LogP contribution in [0.1, 0.15) is 17.5 Å². The van der Waals surface area contributed by atoms with Gasteiger partial charge in [0.25, 0.3) is 0 Å². The molecule has 0 radical (unpaired) electrons. The molecule has 1 N–H and O–H groups in total. The largest absolute Gasteiger partial charge is 0.550 e. The minimum absolute atomic E-state index is 0.0142. The number of quaternary nitrogens is 1. The first kappa shape index (κ1) is 17.2. The lowest BCUT2D eigenvalue weighted by atomic mass is 10.1. The lowest BCUT2D eigenvalue weighted by Gasteiger charge is -2.39. The van der Waals surface area contributed by atoms with Crippen molar-refractivity contribution in [3.05, 3.63) is 71.8 Å². The van der Waals surface area contributed by atoms with Crippen LogP contribution in [-0.4, -0.2) is 35.3 Å². The molecule has 0 unspecified atom stereocenters. The molecule has 4 heteroatoms. The van der Waals surface area contributed by atoms with Crippen molar-refractivity contribution in [1.82, 2.24) is 0 Å². The number of carboxylic acids is 1. The Kier molecular flexibility index (Phi) is 6.32. The molecule has 0 spiro atoms. The summed E-state index contributed by atoms with van der Waals surface area (Å²) in [6, 6.07) is 20.0. The molecule has 0 saturated carbocycles. The minimum Gasteiger partial charge on any atom is -0.550 e. The van der Waals surface area contributed by atoms with Crippen LogP contribution in [0.3, 0.4) is 0 Å². The highest BCUT2D eigenvalue weighted by atomic mass is 16.4. The zero-order valence-electron chi connectivity index (χ0n) is 13.2. The summed E-state index contributed by atoms with van der Waals surface area (Å²) in [5.41, 5.74) is 2.27. The lowest BCUT2D eigenvalue weighted by molar-refractivity contribution is -0.953. The molecule has 122 valence electrons. The third kappa shape index (κ3) is 5.51. The normalized spacial score (nSPS) is 11.3. The van der Waals surface area contributed by atoms with Gasteiger partial charge in [0.2, 0.25) is 0 Å². The van der Waals surface area contributed by atoms with E-state index in [0.717, 1.165) is 11.1 Å². The molecular weight excluding hydrogens is 290 g/mol. The fourth-order valence-corrected chi connectivity index (χ4v) is 2.97. The molecule has 23 heavy (non-hydrogen) atoms. The third-order valence-electron chi connectivity index (χ3n) is 4.09. The second-order valence-corrected chi connectivity index (χ2v) is 5.92. The summed E-state index contributed by atoms with van der Waals surface area (Å²) >= 11 is 0. The van der Waals surface area contributed by atoms with Crippen LogP contribution in [0.2, 0.25) is 0 Å². The summed E-state index contributed by atoms with van der Waals surface area (Å²) in [6.07, 6.45) is -0.0142. The second kappa shape index (κ2) is 8.46. The Morgan fingerprint density at radius 2 is 1.35 bits per heavy atom. The molecule has 0 aliphatic rings. The van der Waals surface area contributed by atoms with Crippen LogP contribution >= 0.6 is 0 Å². The first-order valence-electron chi connectivity index (χ1n) is 7.87. The van der Waals surface area contributed by atoms with E-state index in [9.17, 15) is 15.0 Å². The number of rotatable bonds is 9. The maximum Gasteiger partial charge on any atom is 0.105 e. The van der Waals surface area contributed by atoms with Gasteiger partial charge in [-0.1, -0.05) is 60.7 Å². The number of hydrogen-bond acceptors (Lipinski definition) is 3. The molecule has 0 heterocycles. The highest BCUT2D eigenvalue weighted by molar-refractivity contribution is 5.64. The molecule has 0 atom stereocenters. The SMILES string of the molecule is O=C([O-])CC[N+](CCO)(Cc1ccccc1)Cc1ccccc1. The zero-order chi connectivity index (χ0) is 16.5. The Bertz CT molecular complexity index is 557. The monoisotopic (exact) mass is 313 g/mol. The van der Waals surface area contributed by atoms with E-state index in [1.807, 2.05) is 60.7 Å². The van der Waals surface area contributed by atoms with E-state index in [1.54, 1.807) is 0 Å². The van der Waals surface area contributed by atoms with Crippen LogP contribution in [0.4, 0.5) is 0 Å². The second-order valence-electron chi connectivity index (χ2n) is 5.92. The number of aliphatic carboxylic acids is 1. The van der Waals surface area contributed by atoms with Crippen LogP contribution in [0.5, 0.6) is 0 Å². The van der Waals surface area contributed by atoms with E-state index in [2.05, 4.69) is 0 Å². The number of benzene rings is 2. The maximum absolute atomic E-state index is 11.0. The lowest BCUT2D eigenvalue weighted by Crippen LogP contribution is -2.50. The van der Waals surface area contributed by atoms with Crippen molar-refractivity contribution in [3.63, 3.8) is 0 Å². The highest BCUT2D eigenvalue weighted by Gasteiger charge is 2.27. The highest BCUT2D eigenvalue weighted by Crippen LogP contribution is 2.20. The summed E-state index contributed by atoms with van der Waals surface area (Å²) in [4.78, 5) is 11.0. The van der Waals surface area contributed by atoms with Gasteiger partial charge in [0.15, 0.2) is 0 Å². The molecule has 2 aromatic carbocycles. The predicted octanol–water partition coefficient (Wildman–Crippen LogP) is 1.34. The Morgan fingerprint density at radius 1 is 0.870 bits per heavy atom. The third-order valence-corrected chi connectivity index (χ3v) is 4.09. The van der Waals surface area contributed by atoms with Crippen LogP contribution in [0.25, 0.3) is 0 Å². The van der Waals surface area contributed by atoms with Gasteiger partial charge in [-0.3, -0.25) is 0 Å². The molecule has 4 nitrogen and oxygen atoms in total. The quantitative estimate of drug-likeness (QED) is 0.711. The molecule has 0 fully saturated rings. The summed E-state index contributed by atoms with van der Waals surface area (Å²) in [7, 11) is 0. The van der Waals surface area contributed by atoms with Gasteiger partial charge in [0.05, 0.1) is 13.2 Å². The van der Waals surface area contributed by atoms with E-state index in [0.29, 0.717) is 30.7 Å². The van der Waals surface area contributed by atoms with E-state index in [1.165, 1.54) is 0 Å².